The first kappa shape index (κ1) is 18.0. The molecule has 2 bridgehead atoms. The van der Waals surface area contributed by atoms with E-state index in [1.807, 2.05) is 23.4 Å². The van der Waals surface area contributed by atoms with Gasteiger partial charge in [-0.3, -0.25) is 4.98 Å². The Morgan fingerprint density at radius 3 is 2.59 bits per heavy atom. The molecular formula is C19H22N6OS. The van der Waals surface area contributed by atoms with E-state index in [2.05, 4.69) is 31.7 Å². The maximum absolute atomic E-state index is 11.9. The van der Waals surface area contributed by atoms with Crippen LogP contribution in [0.4, 0.5) is 11.8 Å². The molecule has 4 rings (SSSR count). The topological polar surface area (TPSA) is 94.2 Å². The van der Waals surface area contributed by atoms with Gasteiger partial charge in [0.05, 0.1) is 24.3 Å². The van der Waals surface area contributed by atoms with Crippen LogP contribution in [0.25, 0.3) is 0 Å². The molecule has 4 heterocycles. The van der Waals surface area contributed by atoms with Crippen molar-refractivity contribution >= 4 is 23.1 Å². The van der Waals surface area contributed by atoms with E-state index in [4.69, 9.17) is 5.73 Å². The molecular weight excluding hydrogens is 360 g/mol. The second-order valence-corrected chi connectivity index (χ2v) is 8.28. The van der Waals surface area contributed by atoms with Gasteiger partial charge in [0.25, 0.3) is 0 Å². The molecule has 140 valence electrons. The van der Waals surface area contributed by atoms with Crippen molar-refractivity contribution in [2.24, 2.45) is 0 Å². The Labute approximate surface area is 162 Å². The highest BCUT2D eigenvalue weighted by Crippen LogP contribution is 2.36. The fourth-order valence-electron chi connectivity index (χ4n) is 3.90. The summed E-state index contributed by atoms with van der Waals surface area (Å²) in [5.41, 5.74) is 8.38. The van der Waals surface area contributed by atoms with Crippen LogP contribution in [-0.2, 0) is 11.4 Å². The van der Waals surface area contributed by atoms with Crippen molar-refractivity contribution in [3.05, 3.63) is 41.3 Å². The average Bonchev–Trinajstić information content (AvgIpc) is 2.90. The maximum Gasteiger partial charge on any atom is 0.222 e. The zero-order chi connectivity index (χ0) is 19.0. The van der Waals surface area contributed by atoms with Crippen LogP contribution < -0.4 is 10.6 Å². The summed E-state index contributed by atoms with van der Waals surface area (Å²) >= 11 is -0.953. The van der Waals surface area contributed by atoms with Gasteiger partial charge in [-0.15, -0.1) is 4.31 Å². The number of rotatable bonds is 2. The SMILES string of the molecule is Cc1nc(N)nc(N2C3CCC2CN([S+](C)[O-])C3)c1C#Cc1cccnc1. The Balaban J connectivity index is 1.73. The first-order valence-corrected chi connectivity index (χ1v) is 10.5. The molecule has 2 fully saturated rings. The predicted molar refractivity (Wildman–Crippen MR) is 106 cm³/mol. The van der Waals surface area contributed by atoms with Crippen LogP contribution in [0.5, 0.6) is 0 Å². The highest BCUT2D eigenvalue weighted by atomic mass is 32.2. The fraction of sp³-hybridized carbons (Fsp3) is 0.421. The molecule has 0 radical (unpaired) electrons. The Morgan fingerprint density at radius 2 is 1.96 bits per heavy atom. The lowest BCUT2D eigenvalue weighted by Gasteiger charge is -2.40. The molecule has 2 N–H and O–H groups in total. The van der Waals surface area contributed by atoms with Crippen molar-refractivity contribution in [3.63, 3.8) is 0 Å². The minimum Gasteiger partial charge on any atom is -0.598 e. The lowest BCUT2D eigenvalue weighted by molar-refractivity contribution is 0.331. The molecule has 0 aromatic carbocycles. The number of nitrogen functional groups attached to an aromatic ring is 1. The van der Waals surface area contributed by atoms with Gasteiger partial charge in [-0.05, 0) is 31.9 Å². The van der Waals surface area contributed by atoms with Gasteiger partial charge in [-0.1, -0.05) is 11.8 Å². The van der Waals surface area contributed by atoms with Crippen LogP contribution in [-0.4, -0.2) is 55.2 Å². The Bertz CT molecular complexity index is 880. The average molecular weight is 382 g/mol. The molecule has 8 heteroatoms. The summed E-state index contributed by atoms with van der Waals surface area (Å²) in [5.74, 6) is 7.45. The summed E-state index contributed by atoms with van der Waals surface area (Å²) in [6.45, 7) is 3.43. The molecule has 0 saturated carbocycles. The Hall–Kier alpha value is -2.34. The van der Waals surface area contributed by atoms with E-state index in [-0.39, 0.29) is 18.0 Å². The Morgan fingerprint density at radius 1 is 1.22 bits per heavy atom. The third kappa shape index (κ3) is 3.58. The molecule has 2 aromatic heterocycles. The third-order valence-electron chi connectivity index (χ3n) is 5.14. The largest absolute Gasteiger partial charge is 0.598 e. The predicted octanol–water partition coefficient (Wildman–Crippen LogP) is 1.11. The molecule has 2 aliphatic heterocycles. The number of piperazine rings is 1. The summed E-state index contributed by atoms with van der Waals surface area (Å²) in [6.07, 6.45) is 7.31. The number of anilines is 2. The summed E-state index contributed by atoms with van der Waals surface area (Å²) in [5, 5.41) is 0. The highest BCUT2D eigenvalue weighted by molar-refractivity contribution is 7.88. The molecule has 3 unspecified atom stereocenters. The van der Waals surface area contributed by atoms with E-state index >= 15 is 0 Å². The van der Waals surface area contributed by atoms with Gasteiger partial charge in [0.15, 0.2) is 5.82 Å². The monoisotopic (exact) mass is 382 g/mol. The van der Waals surface area contributed by atoms with Crippen LogP contribution in [0.3, 0.4) is 0 Å². The van der Waals surface area contributed by atoms with Crippen LogP contribution in [0, 0.1) is 18.8 Å². The maximum atomic E-state index is 11.9. The molecule has 2 aromatic rings. The van der Waals surface area contributed by atoms with E-state index in [0.29, 0.717) is 0 Å². The minimum absolute atomic E-state index is 0.260. The Kier molecular flexibility index (Phi) is 4.91. The first-order valence-electron chi connectivity index (χ1n) is 8.96. The zero-order valence-corrected chi connectivity index (χ0v) is 16.2. The standard InChI is InChI=1S/C19H22N6OS/c1-13-17(8-5-14-4-3-9-21-10-14)18(23-19(20)22-13)25-15-6-7-16(25)12-24(11-15)27(2)26/h3-4,9-10,15-16H,6-7,11-12H2,1-2H3,(H2,20,22,23). The van der Waals surface area contributed by atoms with Crippen molar-refractivity contribution in [1.82, 2.24) is 19.3 Å². The second kappa shape index (κ2) is 7.35. The van der Waals surface area contributed by atoms with Crippen molar-refractivity contribution < 1.29 is 4.55 Å². The molecule has 0 aliphatic carbocycles. The summed E-state index contributed by atoms with van der Waals surface area (Å²) < 4.78 is 14.0. The molecule has 7 nitrogen and oxygen atoms in total. The molecule has 3 atom stereocenters. The van der Waals surface area contributed by atoms with Crippen molar-refractivity contribution in [2.45, 2.75) is 31.8 Å². The lowest BCUT2D eigenvalue weighted by atomic mass is 10.1. The van der Waals surface area contributed by atoms with Gasteiger partial charge in [0, 0.05) is 41.4 Å². The van der Waals surface area contributed by atoms with Gasteiger partial charge in [-0.2, -0.15) is 4.98 Å². The third-order valence-corrected chi connectivity index (χ3v) is 6.16. The minimum atomic E-state index is -0.953. The van der Waals surface area contributed by atoms with Crippen molar-refractivity contribution in [1.29, 1.82) is 0 Å². The van der Waals surface area contributed by atoms with Gasteiger partial charge in [0.1, 0.15) is 6.26 Å². The quantitative estimate of drug-likeness (QED) is 0.614. The number of nitrogens with two attached hydrogens (primary N) is 1. The molecule has 0 spiro atoms. The number of hydrogen-bond acceptors (Lipinski definition) is 7. The summed E-state index contributed by atoms with van der Waals surface area (Å²) in [6, 6.07) is 4.31. The van der Waals surface area contributed by atoms with Gasteiger partial charge >= 0.3 is 0 Å². The van der Waals surface area contributed by atoms with Crippen molar-refractivity contribution in [2.75, 3.05) is 30.0 Å². The van der Waals surface area contributed by atoms with E-state index in [1.165, 1.54) is 0 Å². The van der Waals surface area contributed by atoms with Gasteiger partial charge < -0.3 is 15.2 Å². The smallest absolute Gasteiger partial charge is 0.222 e. The fourth-order valence-corrected chi connectivity index (χ4v) is 4.67. The number of pyridine rings is 1. The number of fused-ring (bicyclic) bond motifs is 2. The number of aryl methyl sites for hydroxylation is 1. The van der Waals surface area contributed by atoms with E-state index < -0.39 is 11.4 Å². The van der Waals surface area contributed by atoms with Crippen molar-refractivity contribution in [3.8, 4) is 11.8 Å². The van der Waals surface area contributed by atoms with Gasteiger partial charge in [0.2, 0.25) is 5.95 Å². The van der Waals surface area contributed by atoms with E-state index in [9.17, 15) is 4.55 Å². The van der Waals surface area contributed by atoms with Crippen LogP contribution >= 0.6 is 0 Å². The normalized spacial score (nSPS) is 23.0. The second-order valence-electron chi connectivity index (χ2n) is 6.92. The molecule has 0 amide bonds. The van der Waals surface area contributed by atoms with Crippen LogP contribution in [0.15, 0.2) is 24.5 Å². The molecule has 2 aliphatic rings. The number of hydrogen-bond donors (Lipinski definition) is 1. The summed E-state index contributed by atoms with van der Waals surface area (Å²) in [4.78, 5) is 15.3. The molecule has 27 heavy (non-hydrogen) atoms. The van der Waals surface area contributed by atoms with Gasteiger partial charge in [-0.25, -0.2) is 4.98 Å². The first-order chi connectivity index (χ1) is 13.0. The molecule has 2 saturated heterocycles. The van der Waals surface area contributed by atoms with Crippen LogP contribution in [0.1, 0.15) is 29.7 Å². The lowest BCUT2D eigenvalue weighted by Crippen LogP contribution is -2.55. The van der Waals surface area contributed by atoms with E-state index in [1.54, 1.807) is 18.6 Å². The highest BCUT2D eigenvalue weighted by Gasteiger charge is 2.44. The number of nitrogens with zero attached hydrogens (tertiary/aromatic N) is 5. The van der Waals surface area contributed by atoms with E-state index in [0.717, 1.165) is 48.6 Å². The summed E-state index contributed by atoms with van der Waals surface area (Å²) in [7, 11) is 0. The number of aromatic nitrogens is 3. The zero-order valence-electron chi connectivity index (χ0n) is 15.4. The van der Waals surface area contributed by atoms with Crippen LogP contribution in [0.2, 0.25) is 0 Å².